The van der Waals surface area contributed by atoms with Crippen LogP contribution in [0.25, 0.3) is 27.7 Å². The Morgan fingerprint density at radius 1 is 1.14 bits per heavy atom. The number of benzene rings is 1. The van der Waals surface area contributed by atoms with Gasteiger partial charge in [0.2, 0.25) is 0 Å². The predicted octanol–water partition coefficient (Wildman–Crippen LogP) is 2.54. The normalized spacial score (nSPS) is 17.1. The van der Waals surface area contributed by atoms with Crippen molar-refractivity contribution in [3.8, 4) is 0 Å². The lowest BCUT2D eigenvalue weighted by Crippen LogP contribution is -2.31. The van der Waals surface area contributed by atoms with Crippen LogP contribution < -0.4 is 10.2 Å². The number of nitrogens with one attached hydrogen (secondary N) is 1. The van der Waals surface area contributed by atoms with Gasteiger partial charge in [-0.3, -0.25) is 9.20 Å². The summed E-state index contributed by atoms with van der Waals surface area (Å²) in [6.07, 6.45) is 1.13. The lowest BCUT2D eigenvalue weighted by Gasteiger charge is -2.21. The molecule has 0 radical (unpaired) electrons. The Morgan fingerprint density at radius 3 is 2.72 bits per heavy atom. The molecule has 1 aromatic carbocycles. The number of para-hydroxylation sites is 2. The van der Waals surface area contributed by atoms with Crippen molar-refractivity contribution in [3.63, 3.8) is 0 Å². The van der Waals surface area contributed by atoms with E-state index in [2.05, 4.69) is 41.3 Å². The summed E-state index contributed by atoms with van der Waals surface area (Å²) in [5, 5.41) is 3.65. The first-order chi connectivity index (χ1) is 14.1. The quantitative estimate of drug-likeness (QED) is 0.584. The van der Waals surface area contributed by atoms with E-state index >= 15 is 0 Å². The molecule has 3 aromatic heterocycles. The number of likely N-dealkylation sites (N-methyl/N-ethyl adjacent to an activating group) is 1. The van der Waals surface area contributed by atoms with Crippen LogP contribution >= 0.6 is 0 Å². The van der Waals surface area contributed by atoms with E-state index < -0.39 is 0 Å². The van der Waals surface area contributed by atoms with Gasteiger partial charge in [0.25, 0.3) is 5.91 Å². The molecule has 0 aliphatic carbocycles. The number of nitrogens with zero attached hydrogens (tertiary/aromatic N) is 5. The Labute approximate surface area is 168 Å². The highest BCUT2D eigenvalue weighted by atomic mass is 16.1. The number of carbonyl (C=O) groups is 1. The maximum absolute atomic E-state index is 12.5. The van der Waals surface area contributed by atoms with Crippen LogP contribution in [0.4, 0.5) is 5.82 Å². The second-order valence-corrected chi connectivity index (χ2v) is 7.83. The molecule has 1 unspecified atom stereocenters. The highest BCUT2D eigenvalue weighted by molar-refractivity contribution is 6.05. The van der Waals surface area contributed by atoms with Crippen LogP contribution in [0.15, 0.2) is 42.5 Å². The van der Waals surface area contributed by atoms with Crippen molar-refractivity contribution < 1.29 is 4.79 Å². The summed E-state index contributed by atoms with van der Waals surface area (Å²) in [4.78, 5) is 26.9. The van der Waals surface area contributed by atoms with E-state index in [1.165, 1.54) is 0 Å². The maximum atomic E-state index is 12.5. The van der Waals surface area contributed by atoms with Gasteiger partial charge in [0, 0.05) is 31.6 Å². The number of hydrogen-bond donors (Lipinski definition) is 1. The van der Waals surface area contributed by atoms with Crippen molar-refractivity contribution in [1.82, 2.24) is 24.6 Å². The molecule has 0 spiro atoms. The van der Waals surface area contributed by atoms with Gasteiger partial charge in [-0.15, -0.1) is 0 Å². The Kier molecular flexibility index (Phi) is 4.13. The summed E-state index contributed by atoms with van der Waals surface area (Å²) in [6, 6.07) is 14.5. The lowest BCUT2D eigenvalue weighted by atomic mass is 10.2. The lowest BCUT2D eigenvalue weighted by molar-refractivity contribution is 0.0964. The van der Waals surface area contributed by atoms with Crippen LogP contribution in [-0.4, -0.2) is 65.5 Å². The molecular formula is C22H24N6O. The van der Waals surface area contributed by atoms with Gasteiger partial charge in [0.05, 0.1) is 16.6 Å². The topological polar surface area (TPSA) is 65.8 Å². The van der Waals surface area contributed by atoms with Crippen molar-refractivity contribution in [2.75, 3.05) is 39.1 Å². The van der Waals surface area contributed by atoms with Crippen LogP contribution in [0.3, 0.4) is 0 Å². The number of pyridine rings is 2. The summed E-state index contributed by atoms with van der Waals surface area (Å²) in [7, 11) is 5.90. The van der Waals surface area contributed by atoms with Crippen molar-refractivity contribution in [3.05, 3.63) is 48.0 Å². The molecule has 1 amide bonds. The standard InChI is InChI=1S/C22H24N6O/c1-23-22(29)16-12-14-8-9-19(27-11-10-15(13-27)26(2)3)25-20(14)28-18-7-5-4-6-17(18)24-21(16)28/h4-9,12,15H,10-11,13H2,1-3H3,(H,23,29). The van der Waals surface area contributed by atoms with Gasteiger partial charge in [-0.25, -0.2) is 9.97 Å². The van der Waals surface area contributed by atoms with Gasteiger partial charge in [0.15, 0.2) is 5.65 Å². The molecule has 7 heteroatoms. The largest absolute Gasteiger partial charge is 0.355 e. The van der Waals surface area contributed by atoms with Crippen LogP contribution in [0.5, 0.6) is 0 Å². The van der Waals surface area contributed by atoms with E-state index in [4.69, 9.17) is 9.97 Å². The van der Waals surface area contributed by atoms with E-state index in [1.807, 2.05) is 34.7 Å². The number of amides is 1. The molecule has 1 saturated heterocycles. The van der Waals surface area contributed by atoms with Gasteiger partial charge in [-0.2, -0.15) is 0 Å². The fourth-order valence-electron chi connectivity index (χ4n) is 4.23. The zero-order valence-corrected chi connectivity index (χ0v) is 16.9. The fourth-order valence-corrected chi connectivity index (χ4v) is 4.23. The molecule has 1 atom stereocenters. The highest BCUT2D eigenvalue weighted by Crippen LogP contribution is 2.28. The molecule has 5 rings (SSSR count). The van der Waals surface area contributed by atoms with Crippen molar-refractivity contribution in [2.24, 2.45) is 0 Å². The zero-order chi connectivity index (χ0) is 20.1. The van der Waals surface area contributed by atoms with E-state index in [0.29, 0.717) is 17.3 Å². The van der Waals surface area contributed by atoms with Crippen molar-refractivity contribution in [2.45, 2.75) is 12.5 Å². The van der Waals surface area contributed by atoms with Crippen LogP contribution in [0, 0.1) is 0 Å². The predicted molar refractivity (Wildman–Crippen MR) is 116 cm³/mol. The van der Waals surface area contributed by atoms with E-state index in [0.717, 1.165) is 47.4 Å². The molecule has 29 heavy (non-hydrogen) atoms. The third-order valence-electron chi connectivity index (χ3n) is 5.89. The summed E-state index contributed by atoms with van der Waals surface area (Å²) in [6.45, 7) is 1.96. The Morgan fingerprint density at radius 2 is 1.97 bits per heavy atom. The summed E-state index contributed by atoms with van der Waals surface area (Å²) in [5.74, 6) is 0.818. The molecule has 148 valence electrons. The van der Waals surface area contributed by atoms with Gasteiger partial charge in [-0.1, -0.05) is 12.1 Å². The van der Waals surface area contributed by atoms with E-state index in [1.54, 1.807) is 7.05 Å². The van der Waals surface area contributed by atoms with Gasteiger partial charge in [-0.05, 0) is 50.8 Å². The minimum Gasteiger partial charge on any atom is -0.355 e. The summed E-state index contributed by atoms with van der Waals surface area (Å²) < 4.78 is 2.01. The summed E-state index contributed by atoms with van der Waals surface area (Å²) >= 11 is 0. The van der Waals surface area contributed by atoms with E-state index in [9.17, 15) is 4.79 Å². The Hall–Kier alpha value is -3.19. The molecule has 4 aromatic rings. The third-order valence-corrected chi connectivity index (χ3v) is 5.89. The molecule has 0 saturated carbocycles. The minimum absolute atomic E-state index is 0.148. The number of anilines is 1. The third kappa shape index (κ3) is 2.81. The fraction of sp³-hybridized carbons (Fsp3) is 0.318. The van der Waals surface area contributed by atoms with Gasteiger partial charge >= 0.3 is 0 Å². The molecule has 4 heterocycles. The first-order valence-electron chi connectivity index (χ1n) is 9.91. The average Bonchev–Trinajstić information content (AvgIpc) is 3.37. The monoisotopic (exact) mass is 388 g/mol. The number of imidazole rings is 1. The Bertz CT molecular complexity index is 1240. The SMILES string of the molecule is CNC(=O)c1cc2ccc(N3CCC(N(C)C)C3)nc2n2c1nc1ccccc12. The number of rotatable bonds is 3. The first kappa shape index (κ1) is 17.9. The van der Waals surface area contributed by atoms with Crippen LogP contribution in [-0.2, 0) is 0 Å². The maximum Gasteiger partial charge on any atom is 0.254 e. The van der Waals surface area contributed by atoms with Gasteiger partial charge in [0.1, 0.15) is 11.5 Å². The number of aromatic nitrogens is 3. The number of fused-ring (bicyclic) bond motifs is 5. The number of hydrogen-bond acceptors (Lipinski definition) is 5. The smallest absolute Gasteiger partial charge is 0.254 e. The molecule has 7 nitrogen and oxygen atoms in total. The minimum atomic E-state index is -0.148. The van der Waals surface area contributed by atoms with Crippen molar-refractivity contribution in [1.29, 1.82) is 0 Å². The molecule has 1 aliphatic rings. The summed E-state index contributed by atoms with van der Waals surface area (Å²) in [5.41, 5.74) is 3.82. The molecular weight excluding hydrogens is 364 g/mol. The molecule has 1 fully saturated rings. The van der Waals surface area contributed by atoms with Crippen LogP contribution in [0.2, 0.25) is 0 Å². The van der Waals surface area contributed by atoms with Crippen LogP contribution in [0.1, 0.15) is 16.8 Å². The Balaban J connectivity index is 1.75. The molecule has 1 N–H and O–H groups in total. The highest BCUT2D eigenvalue weighted by Gasteiger charge is 2.25. The number of carbonyl (C=O) groups excluding carboxylic acids is 1. The average molecular weight is 388 g/mol. The van der Waals surface area contributed by atoms with Gasteiger partial charge < -0.3 is 15.1 Å². The zero-order valence-electron chi connectivity index (χ0n) is 16.9. The second kappa shape index (κ2) is 6.70. The molecule has 0 bridgehead atoms. The van der Waals surface area contributed by atoms with E-state index in [-0.39, 0.29) is 5.91 Å². The first-order valence-corrected chi connectivity index (χ1v) is 9.91. The van der Waals surface area contributed by atoms with Crippen molar-refractivity contribution >= 4 is 39.4 Å². The molecule has 1 aliphatic heterocycles. The second-order valence-electron chi connectivity index (χ2n) is 7.83.